The van der Waals surface area contributed by atoms with E-state index >= 15 is 0 Å². The highest BCUT2D eigenvalue weighted by Crippen LogP contribution is 2.20. The maximum Gasteiger partial charge on any atom is 0.320 e. The Morgan fingerprint density at radius 1 is 1.12 bits per heavy atom. The topological polar surface area (TPSA) is 116 Å². The van der Waals surface area contributed by atoms with Crippen molar-refractivity contribution in [3.63, 3.8) is 0 Å². The van der Waals surface area contributed by atoms with Crippen molar-refractivity contribution < 1.29 is 9.90 Å². The van der Waals surface area contributed by atoms with E-state index in [1.54, 1.807) is 24.9 Å². The van der Waals surface area contributed by atoms with Gasteiger partial charge in [-0.2, -0.15) is 5.10 Å². The van der Waals surface area contributed by atoms with E-state index in [1.807, 2.05) is 51.9 Å². The van der Waals surface area contributed by atoms with Crippen molar-refractivity contribution >= 4 is 18.2 Å². The van der Waals surface area contributed by atoms with Crippen LogP contribution in [0.1, 0.15) is 24.1 Å². The van der Waals surface area contributed by atoms with E-state index in [2.05, 4.69) is 25.1 Å². The molecule has 33 heavy (non-hydrogen) atoms. The van der Waals surface area contributed by atoms with E-state index in [0.29, 0.717) is 37.2 Å². The first-order valence-electron chi connectivity index (χ1n) is 10.7. The standard InChI is InChI=1S/C23H25N7O2S/c31-22(32)20(29(15-19-13-25-16-26-19)14-17-6-4-10-24-12-17)9-5-11-30-21(27-28-23(30)33)18-7-2-1-3-8-18/h1-4,6-8,10,12-13,16,20H,5,9,11,14-15H2,(H,25,26)(H,28,33)(H,31,32)/t20-/m0/s1. The lowest BCUT2D eigenvalue weighted by molar-refractivity contribution is -0.144. The van der Waals surface area contributed by atoms with Gasteiger partial charge in [0.05, 0.1) is 6.33 Å². The summed E-state index contributed by atoms with van der Waals surface area (Å²) in [6, 6.07) is 12.9. The van der Waals surface area contributed by atoms with Gasteiger partial charge >= 0.3 is 5.97 Å². The van der Waals surface area contributed by atoms with Crippen molar-refractivity contribution in [1.29, 1.82) is 0 Å². The first-order chi connectivity index (χ1) is 16.1. The fourth-order valence-corrected chi connectivity index (χ4v) is 4.05. The third kappa shape index (κ3) is 5.79. The molecule has 10 heteroatoms. The maximum absolute atomic E-state index is 12.3. The van der Waals surface area contributed by atoms with Crippen LogP contribution in [0.3, 0.4) is 0 Å². The minimum atomic E-state index is -0.863. The molecule has 0 saturated carbocycles. The molecule has 0 radical (unpaired) electrons. The van der Waals surface area contributed by atoms with Crippen LogP contribution >= 0.6 is 12.2 Å². The molecule has 0 amide bonds. The molecule has 9 nitrogen and oxygen atoms in total. The summed E-state index contributed by atoms with van der Waals surface area (Å²) in [5.74, 6) is -0.116. The number of benzene rings is 1. The smallest absolute Gasteiger partial charge is 0.320 e. The number of nitrogens with zero attached hydrogens (tertiary/aromatic N) is 5. The van der Waals surface area contributed by atoms with Gasteiger partial charge in [0.15, 0.2) is 10.6 Å². The molecular formula is C23H25N7O2S. The minimum Gasteiger partial charge on any atom is -0.480 e. The normalized spacial score (nSPS) is 12.2. The van der Waals surface area contributed by atoms with Crippen molar-refractivity contribution in [1.82, 2.24) is 34.6 Å². The Bertz CT molecular complexity index is 1210. The summed E-state index contributed by atoms with van der Waals surface area (Å²) in [5, 5.41) is 17.3. The predicted octanol–water partition coefficient (Wildman–Crippen LogP) is 3.66. The van der Waals surface area contributed by atoms with Gasteiger partial charge in [0.1, 0.15) is 6.04 Å². The third-order valence-electron chi connectivity index (χ3n) is 5.41. The van der Waals surface area contributed by atoms with Crippen LogP contribution in [0, 0.1) is 4.77 Å². The molecule has 0 saturated heterocycles. The number of hydrogen-bond donors (Lipinski definition) is 3. The minimum absolute atomic E-state index is 0.437. The Morgan fingerprint density at radius 3 is 2.67 bits per heavy atom. The molecule has 3 aromatic heterocycles. The Balaban J connectivity index is 1.50. The molecule has 0 spiro atoms. The van der Waals surface area contributed by atoms with Gasteiger partial charge in [0, 0.05) is 49.5 Å². The second-order valence-electron chi connectivity index (χ2n) is 7.71. The average Bonchev–Trinajstić information content (AvgIpc) is 3.47. The lowest BCUT2D eigenvalue weighted by Gasteiger charge is -2.28. The second kappa shape index (κ2) is 10.8. The van der Waals surface area contributed by atoms with Gasteiger partial charge in [-0.15, -0.1) is 0 Å². The number of carboxylic acid groups (broad SMARTS) is 1. The Kier molecular flexibility index (Phi) is 7.38. The molecule has 4 aromatic rings. The zero-order chi connectivity index (χ0) is 23.0. The highest BCUT2D eigenvalue weighted by Gasteiger charge is 2.26. The van der Waals surface area contributed by atoms with E-state index < -0.39 is 12.0 Å². The number of nitrogens with one attached hydrogen (secondary N) is 2. The molecule has 3 N–H and O–H groups in total. The quantitative estimate of drug-likeness (QED) is 0.291. The van der Waals surface area contributed by atoms with Gasteiger partial charge in [-0.05, 0) is 36.7 Å². The lowest BCUT2D eigenvalue weighted by Crippen LogP contribution is -2.40. The number of aromatic amines is 2. The Labute approximate surface area is 196 Å². The Morgan fingerprint density at radius 2 is 1.97 bits per heavy atom. The monoisotopic (exact) mass is 463 g/mol. The number of H-pyrrole nitrogens is 2. The molecule has 0 aliphatic heterocycles. The van der Waals surface area contributed by atoms with Crippen molar-refractivity contribution in [2.75, 3.05) is 0 Å². The van der Waals surface area contributed by atoms with Crippen molar-refractivity contribution in [2.24, 2.45) is 0 Å². The van der Waals surface area contributed by atoms with E-state index in [0.717, 1.165) is 22.6 Å². The molecule has 0 bridgehead atoms. The Hall–Kier alpha value is -3.63. The van der Waals surface area contributed by atoms with Crippen molar-refractivity contribution in [3.05, 3.63) is 83.4 Å². The molecule has 3 heterocycles. The largest absolute Gasteiger partial charge is 0.480 e. The molecule has 0 unspecified atom stereocenters. The van der Waals surface area contributed by atoms with Crippen LogP contribution in [-0.2, 0) is 24.4 Å². The molecule has 0 fully saturated rings. The third-order valence-corrected chi connectivity index (χ3v) is 5.72. The second-order valence-corrected chi connectivity index (χ2v) is 8.10. The molecule has 1 aromatic carbocycles. The zero-order valence-electron chi connectivity index (χ0n) is 18.0. The van der Waals surface area contributed by atoms with Crippen LogP contribution in [0.2, 0.25) is 0 Å². The van der Waals surface area contributed by atoms with Crippen molar-refractivity contribution in [3.8, 4) is 11.4 Å². The summed E-state index contributed by atoms with van der Waals surface area (Å²) in [5.41, 5.74) is 2.76. The molecule has 4 rings (SSSR count). The highest BCUT2D eigenvalue weighted by atomic mass is 32.1. The maximum atomic E-state index is 12.3. The SMILES string of the molecule is O=C(O)[C@H](CCCn1c(-c2ccccc2)n[nH]c1=S)N(Cc1cccnc1)Cc1cnc[nH]1. The van der Waals surface area contributed by atoms with Gasteiger partial charge in [0.25, 0.3) is 0 Å². The predicted molar refractivity (Wildman–Crippen MR) is 126 cm³/mol. The van der Waals surface area contributed by atoms with Crippen LogP contribution in [0.25, 0.3) is 11.4 Å². The average molecular weight is 464 g/mol. The number of aromatic nitrogens is 6. The summed E-state index contributed by atoms with van der Waals surface area (Å²) in [6.45, 7) is 1.46. The van der Waals surface area contributed by atoms with E-state index in [-0.39, 0.29) is 0 Å². The van der Waals surface area contributed by atoms with Crippen LogP contribution in [-0.4, -0.2) is 51.7 Å². The summed E-state index contributed by atoms with van der Waals surface area (Å²) in [4.78, 5) is 25.5. The van der Waals surface area contributed by atoms with Gasteiger partial charge in [-0.1, -0.05) is 36.4 Å². The van der Waals surface area contributed by atoms with Crippen LogP contribution < -0.4 is 0 Å². The molecule has 170 valence electrons. The van der Waals surface area contributed by atoms with Gasteiger partial charge < -0.3 is 14.7 Å². The van der Waals surface area contributed by atoms with Gasteiger partial charge in [0.2, 0.25) is 0 Å². The number of hydrogen-bond acceptors (Lipinski definition) is 6. The van der Waals surface area contributed by atoms with Gasteiger partial charge in [-0.3, -0.25) is 19.8 Å². The highest BCUT2D eigenvalue weighted by molar-refractivity contribution is 7.71. The fraction of sp³-hybridized carbons (Fsp3) is 0.261. The number of imidazole rings is 1. The van der Waals surface area contributed by atoms with Crippen LogP contribution in [0.15, 0.2) is 67.4 Å². The first-order valence-corrected chi connectivity index (χ1v) is 11.1. The summed E-state index contributed by atoms with van der Waals surface area (Å²) < 4.78 is 2.44. The first kappa shape index (κ1) is 22.6. The fourth-order valence-electron chi connectivity index (χ4n) is 3.83. The zero-order valence-corrected chi connectivity index (χ0v) is 18.8. The van der Waals surface area contributed by atoms with E-state index in [4.69, 9.17) is 12.2 Å². The van der Waals surface area contributed by atoms with Crippen LogP contribution in [0.5, 0.6) is 0 Å². The molecule has 0 aliphatic carbocycles. The molecule has 0 aliphatic rings. The number of rotatable bonds is 11. The molecular weight excluding hydrogens is 438 g/mol. The van der Waals surface area contributed by atoms with Gasteiger partial charge in [-0.25, -0.2) is 4.98 Å². The number of aliphatic carboxylic acids is 1. The van der Waals surface area contributed by atoms with Crippen molar-refractivity contribution in [2.45, 2.75) is 38.5 Å². The van der Waals surface area contributed by atoms with E-state index in [1.165, 1.54) is 0 Å². The number of carboxylic acids is 1. The summed E-state index contributed by atoms with van der Waals surface area (Å²) >= 11 is 5.42. The summed E-state index contributed by atoms with van der Waals surface area (Å²) in [6.07, 6.45) is 7.85. The number of pyridine rings is 1. The van der Waals surface area contributed by atoms with E-state index in [9.17, 15) is 9.90 Å². The number of carbonyl (C=O) groups is 1. The summed E-state index contributed by atoms with van der Waals surface area (Å²) in [7, 11) is 0. The lowest BCUT2D eigenvalue weighted by atomic mass is 10.1. The molecule has 1 atom stereocenters. The van der Waals surface area contributed by atoms with Crippen LogP contribution in [0.4, 0.5) is 0 Å².